The Balaban J connectivity index is 2.40. The molecule has 1 aliphatic heterocycles. The van der Waals surface area contributed by atoms with Crippen LogP contribution in [0.25, 0.3) is 0 Å². The molecule has 0 amide bonds. The minimum Gasteiger partial charge on any atom is -0.496 e. The molecule has 5 heteroatoms. The van der Waals surface area contributed by atoms with Crippen LogP contribution in [-0.4, -0.2) is 26.4 Å². The molecular weight excluding hydrogens is 337 g/mol. The van der Waals surface area contributed by atoms with Crippen LogP contribution in [0.15, 0.2) is 16.6 Å². The molecule has 1 fully saturated rings. The Morgan fingerprint density at radius 3 is 2.86 bits per heavy atom. The van der Waals surface area contributed by atoms with Crippen molar-refractivity contribution in [2.45, 2.75) is 38.8 Å². The highest BCUT2D eigenvalue weighted by atomic mass is 79.9. The van der Waals surface area contributed by atoms with Crippen molar-refractivity contribution in [2.24, 2.45) is 5.92 Å². The summed E-state index contributed by atoms with van der Waals surface area (Å²) in [5, 5.41) is 3.52. The molecule has 0 bridgehead atoms. The van der Waals surface area contributed by atoms with Gasteiger partial charge in [-0.2, -0.15) is 0 Å². The van der Waals surface area contributed by atoms with E-state index in [0.29, 0.717) is 16.1 Å². The average Bonchev–Trinajstić information content (AvgIpc) is 2.95. The van der Waals surface area contributed by atoms with Crippen molar-refractivity contribution in [1.82, 2.24) is 5.32 Å². The molecule has 2 rings (SSSR count). The second kappa shape index (κ2) is 7.56. The molecule has 0 aromatic heterocycles. The van der Waals surface area contributed by atoms with E-state index >= 15 is 0 Å². The van der Waals surface area contributed by atoms with E-state index in [1.807, 2.05) is 6.07 Å². The molecule has 21 heavy (non-hydrogen) atoms. The number of nitrogens with one attached hydrogen (secondary N) is 1. The Labute approximate surface area is 134 Å². The fourth-order valence-corrected chi connectivity index (χ4v) is 3.50. The van der Waals surface area contributed by atoms with Crippen LogP contribution >= 0.6 is 15.9 Å². The van der Waals surface area contributed by atoms with Gasteiger partial charge in [0, 0.05) is 30.2 Å². The van der Waals surface area contributed by atoms with Gasteiger partial charge < -0.3 is 14.8 Å². The molecule has 3 atom stereocenters. The zero-order chi connectivity index (χ0) is 15.4. The second-order valence-electron chi connectivity index (χ2n) is 5.31. The summed E-state index contributed by atoms with van der Waals surface area (Å²) in [4.78, 5) is 0. The molecule has 1 aromatic carbocycles. The van der Waals surface area contributed by atoms with Crippen molar-refractivity contribution in [3.8, 4) is 5.75 Å². The van der Waals surface area contributed by atoms with Gasteiger partial charge in [-0.15, -0.1) is 0 Å². The first-order valence-electron chi connectivity index (χ1n) is 7.50. The van der Waals surface area contributed by atoms with E-state index < -0.39 is 0 Å². The second-order valence-corrected chi connectivity index (χ2v) is 6.17. The third-order valence-corrected chi connectivity index (χ3v) is 4.73. The summed E-state index contributed by atoms with van der Waals surface area (Å²) >= 11 is 3.28. The highest BCUT2D eigenvalue weighted by Crippen LogP contribution is 2.40. The highest BCUT2D eigenvalue weighted by molar-refractivity contribution is 9.10. The Morgan fingerprint density at radius 2 is 2.24 bits per heavy atom. The maximum absolute atomic E-state index is 13.7. The Kier molecular flexibility index (Phi) is 6.02. The number of rotatable bonds is 6. The van der Waals surface area contributed by atoms with Gasteiger partial charge >= 0.3 is 0 Å². The zero-order valence-corrected chi connectivity index (χ0v) is 14.4. The fraction of sp³-hybridized carbons (Fsp3) is 0.625. The van der Waals surface area contributed by atoms with Crippen LogP contribution in [0.5, 0.6) is 5.75 Å². The monoisotopic (exact) mass is 359 g/mol. The van der Waals surface area contributed by atoms with E-state index in [0.717, 1.165) is 31.6 Å². The summed E-state index contributed by atoms with van der Waals surface area (Å²) in [7, 11) is 1.58. The SMILES string of the molecule is CCNC(c1cc(Br)c(F)cc1OC)C1CCOC1CC. The van der Waals surface area contributed by atoms with E-state index in [2.05, 4.69) is 35.1 Å². The van der Waals surface area contributed by atoms with E-state index in [1.165, 1.54) is 6.07 Å². The van der Waals surface area contributed by atoms with Gasteiger partial charge in [-0.3, -0.25) is 0 Å². The summed E-state index contributed by atoms with van der Waals surface area (Å²) in [5.74, 6) is 0.658. The molecule has 3 unspecified atom stereocenters. The van der Waals surface area contributed by atoms with Gasteiger partial charge in [-0.05, 0) is 41.4 Å². The van der Waals surface area contributed by atoms with Gasteiger partial charge in [0.2, 0.25) is 0 Å². The molecule has 0 spiro atoms. The van der Waals surface area contributed by atoms with Crippen LogP contribution < -0.4 is 10.1 Å². The summed E-state index contributed by atoms with van der Waals surface area (Å²) in [6.07, 6.45) is 2.23. The molecule has 0 aliphatic carbocycles. The van der Waals surface area contributed by atoms with E-state index in [9.17, 15) is 4.39 Å². The molecule has 118 valence electrons. The maximum atomic E-state index is 13.7. The van der Waals surface area contributed by atoms with Crippen molar-refractivity contribution >= 4 is 15.9 Å². The lowest BCUT2D eigenvalue weighted by Crippen LogP contribution is -2.33. The summed E-state index contributed by atoms with van der Waals surface area (Å²) < 4.78 is 25.4. The predicted molar refractivity (Wildman–Crippen MR) is 85.2 cm³/mol. The predicted octanol–water partition coefficient (Wildman–Crippen LogP) is 4.06. The number of benzene rings is 1. The smallest absolute Gasteiger partial charge is 0.141 e. The van der Waals surface area contributed by atoms with Crippen molar-refractivity contribution in [1.29, 1.82) is 0 Å². The van der Waals surface area contributed by atoms with E-state index in [1.54, 1.807) is 7.11 Å². The number of halogens is 2. The lowest BCUT2D eigenvalue weighted by atomic mass is 9.86. The van der Waals surface area contributed by atoms with Crippen molar-refractivity contribution in [2.75, 3.05) is 20.3 Å². The van der Waals surface area contributed by atoms with Gasteiger partial charge in [0.1, 0.15) is 11.6 Å². The molecular formula is C16H23BrFNO2. The molecule has 3 nitrogen and oxygen atoms in total. The summed E-state index contributed by atoms with van der Waals surface area (Å²) in [5.41, 5.74) is 0.988. The topological polar surface area (TPSA) is 30.5 Å². The van der Waals surface area contributed by atoms with Gasteiger partial charge in [0.15, 0.2) is 0 Å². The molecule has 0 saturated carbocycles. The van der Waals surface area contributed by atoms with Crippen LogP contribution in [-0.2, 0) is 4.74 Å². The van der Waals surface area contributed by atoms with Crippen LogP contribution in [0.3, 0.4) is 0 Å². The largest absolute Gasteiger partial charge is 0.496 e. The Morgan fingerprint density at radius 1 is 1.48 bits per heavy atom. The first-order valence-corrected chi connectivity index (χ1v) is 8.29. The van der Waals surface area contributed by atoms with E-state index in [-0.39, 0.29) is 18.0 Å². The van der Waals surface area contributed by atoms with E-state index in [4.69, 9.17) is 9.47 Å². The van der Waals surface area contributed by atoms with Gasteiger partial charge in [-0.25, -0.2) is 4.39 Å². The fourth-order valence-electron chi connectivity index (χ4n) is 3.14. The van der Waals surface area contributed by atoms with Gasteiger partial charge in [0.05, 0.1) is 17.7 Å². The minimum atomic E-state index is -0.305. The molecule has 1 N–H and O–H groups in total. The normalized spacial score (nSPS) is 23.3. The van der Waals surface area contributed by atoms with Crippen LogP contribution in [0, 0.1) is 11.7 Å². The molecule has 1 heterocycles. The van der Waals surface area contributed by atoms with Crippen LogP contribution in [0.4, 0.5) is 4.39 Å². The van der Waals surface area contributed by atoms with Crippen LogP contribution in [0.1, 0.15) is 38.3 Å². The number of hydrogen-bond donors (Lipinski definition) is 1. The molecule has 1 saturated heterocycles. The standard InChI is InChI=1S/C16H23BrFNO2/c1-4-14-10(6-7-21-14)16(19-5-2)11-8-12(17)13(18)9-15(11)20-3/h8-10,14,16,19H,4-7H2,1-3H3. The lowest BCUT2D eigenvalue weighted by molar-refractivity contribution is 0.0773. The van der Waals surface area contributed by atoms with Gasteiger partial charge in [0.25, 0.3) is 0 Å². The Hall–Kier alpha value is -0.650. The number of methoxy groups -OCH3 is 1. The average molecular weight is 360 g/mol. The summed E-state index contributed by atoms with van der Waals surface area (Å²) in [6.45, 7) is 5.85. The molecule has 1 aliphatic rings. The van der Waals surface area contributed by atoms with Crippen molar-refractivity contribution in [3.63, 3.8) is 0 Å². The Bertz CT molecular complexity index is 484. The third-order valence-electron chi connectivity index (χ3n) is 4.12. The summed E-state index contributed by atoms with van der Waals surface area (Å²) in [6, 6.07) is 3.38. The highest BCUT2D eigenvalue weighted by Gasteiger charge is 2.35. The maximum Gasteiger partial charge on any atom is 0.141 e. The quantitative estimate of drug-likeness (QED) is 0.830. The lowest BCUT2D eigenvalue weighted by Gasteiger charge is -2.29. The minimum absolute atomic E-state index is 0.106. The first-order chi connectivity index (χ1) is 10.1. The molecule has 0 radical (unpaired) electrons. The zero-order valence-electron chi connectivity index (χ0n) is 12.8. The third kappa shape index (κ3) is 3.58. The molecule has 1 aromatic rings. The number of ether oxygens (including phenoxy) is 2. The van der Waals surface area contributed by atoms with Gasteiger partial charge in [-0.1, -0.05) is 13.8 Å². The van der Waals surface area contributed by atoms with Crippen LogP contribution in [0.2, 0.25) is 0 Å². The van der Waals surface area contributed by atoms with Crippen molar-refractivity contribution in [3.05, 3.63) is 28.0 Å². The van der Waals surface area contributed by atoms with Crippen molar-refractivity contribution < 1.29 is 13.9 Å². The number of hydrogen-bond acceptors (Lipinski definition) is 3. The first kappa shape index (κ1) is 16.7.